The van der Waals surface area contributed by atoms with Crippen molar-refractivity contribution in [3.05, 3.63) is 58.1 Å². The number of sulfonamides is 1. The van der Waals surface area contributed by atoms with E-state index in [-0.39, 0.29) is 29.6 Å². The van der Waals surface area contributed by atoms with Crippen molar-refractivity contribution in [2.24, 2.45) is 0 Å². The van der Waals surface area contributed by atoms with Crippen molar-refractivity contribution in [1.82, 2.24) is 5.32 Å². The van der Waals surface area contributed by atoms with Gasteiger partial charge in [0.15, 0.2) is 0 Å². The van der Waals surface area contributed by atoms with Gasteiger partial charge < -0.3 is 15.0 Å². The third-order valence-corrected chi connectivity index (χ3v) is 6.24. The molecule has 0 aliphatic carbocycles. The van der Waals surface area contributed by atoms with Gasteiger partial charge in [0.2, 0.25) is 21.8 Å². The third-order valence-electron chi connectivity index (χ3n) is 5.11. The Morgan fingerprint density at radius 3 is 2.64 bits per heavy atom. The predicted molar refractivity (Wildman–Crippen MR) is 122 cm³/mol. The van der Waals surface area contributed by atoms with Crippen LogP contribution in [0, 0.1) is 10.1 Å². The number of rotatable bonds is 9. The second kappa shape index (κ2) is 9.86. The van der Waals surface area contributed by atoms with Crippen LogP contribution in [0.3, 0.4) is 0 Å². The molecule has 12 heteroatoms. The number of nitro benzene ring substituents is 1. The predicted octanol–water partition coefficient (Wildman–Crippen LogP) is 1.81. The SMILES string of the molecule is COc1ccc([N+](=O)[O-])cc1N(CC(=O)NCc1cccc(N2CCCC2=O)c1)S(C)(=O)=O. The number of ether oxygens (including phenoxy) is 1. The van der Waals surface area contributed by atoms with Crippen molar-refractivity contribution in [2.75, 3.05) is 35.7 Å². The molecule has 11 nitrogen and oxygen atoms in total. The highest BCUT2D eigenvalue weighted by Crippen LogP contribution is 2.33. The summed E-state index contributed by atoms with van der Waals surface area (Å²) in [6.45, 7) is 0.155. The van der Waals surface area contributed by atoms with Gasteiger partial charge in [-0.05, 0) is 30.2 Å². The molecule has 0 bridgehead atoms. The molecular formula is C21H24N4O7S. The molecule has 0 radical (unpaired) electrons. The number of non-ortho nitro benzene ring substituents is 1. The van der Waals surface area contributed by atoms with E-state index >= 15 is 0 Å². The van der Waals surface area contributed by atoms with E-state index in [1.807, 2.05) is 6.07 Å². The van der Waals surface area contributed by atoms with Gasteiger partial charge in [-0.15, -0.1) is 0 Å². The first-order valence-electron chi connectivity index (χ1n) is 10.1. The Labute approximate surface area is 191 Å². The highest BCUT2D eigenvalue weighted by molar-refractivity contribution is 7.92. The van der Waals surface area contributed by atoms with E-state index in [1.54, 1.807) is 23.1 Å². The van der Waals surface area contributed by atoms with Crippen molar-refractivity contribution in [2.45, 2.75) is 19.4 Å². The molecule has 1 aliphatic heterocycles. The first kappa shape index (κ1) is 24.0. The van der Waals surface area contributed by atoms with Crippen LogP contribution in [0.15, 0.2) is 42.5 Å². The quantitative estimate of drug-likeness (QED) is 0.430. The summed E-state index contributed by atoms with van der Waals surface area (Å²) in [7, 11) is -2.67. The van der Waals surface area contributed by atoms with E-state index in [0.29, 0.717) is 13.0 Å². The van der Waals surface area contributed by atoms with Gasteiger partial charge in [0.1, 0.15) is 18.0 Å². The fourth-order valence-corrected chi connectivity index (χ4v) is 4.36. The number of hydrogen-bond donors (Lipinski definition) is 1. The van der Waals surface area contributed by atoms with E-state index in [0.717, 1.165) is 34.3 Å². The van der Waals surface area contributed by atoms with Crippen molar-refractivity contribution in [1.29, 1.82) is 0 Å². The smallest absolute Gasteiger partial charge is 0.271 e. The first-order chi connectivity index (χ1) is 15.6. The van der Waals surface area contributed by atoms with Crippen LogP contribution in [-0.2, 0) is 26.2 Å². The highest BCUT2D eigenvalue weighted by Gasteiger charge is 2.26. The summed E-state index contributed by atoms with van der Waals surface area (Å²) in [5.74, 6) is -0.496. The van der Waals surface area contributed by atoms with Gasteiger partial charge >= 0.3 is 0 Å². The lowest BCUT2D eigenvalue weighted by Crippen LogP contribution is -2.40. The number of benzene rings is 2. The molecule has 176 valence electrons. The second-order valence-electron chi connectivity index (χ2n) is 7.48. The zero-order valence-corrected chi connectivity index (χ0v) is 19.0. The number of methoxy groups -OCH3 is 1. The van der Waals surface area contributed by atoms with E-state index in [2.05, 4.69) is 5.32 Å². The Morgan fingerprint density at radius 1 is 1.27 bits per heavy atom. The molecule has 1 N–H and O–H groups in total. The van der Waals surface area contributed by atoms with Crippen LogP contribution in [0.1, 0.15) is 18.4 Å². The average molecular weight is 477 g/mol. The summed E-state index contributed by atoms with van der Waals surface area (Å²) in [6, 6.07) is 10.7. The lowest BCUT2D eigenvalue weighted by atomic mass is 10.2. The first-order valence-corrected chi connectivity index (χ1v) is 11.9. The van der Waals surface area contributed by atoms with Crippen molar-refractivity contribution >= 4 is 38.9 Å². The molecule has 2 amide bonds. The van der Waals surface area contributed by atoms with Crippen molar-refractivity contribution < 1.29 is 27.7 Å². The molecule has 3 rings (SSSR count). The minimum absolute atomic E-state index is 0.0471. The topological polar surface area (TPSA) is 139 Å². The van der Waals surface area contributed by atoms with Crippen LogP contribution < -0.4 is 19.3 Å². The maximum atomic E-state index is 12.6. The van der Waals surface area contributed by atoms with Crippen molar-refractivity contribution in [3.63, 3.8) is 0 Å². The Kier molecular flexibility index (Phi) is 7.16. The Hall–Kier alpha value is -3.67. The second-order valence-corrected chi connectivity index (χ2v) is 9.39. The number of nitrogens with zero attached hydrogens (tertiary/aromatic N) is 3. The molecule has 0 saturated carbocycles. The summed E-state index contributed by atoms with van der Waals surface area (Å²) < 4.78 is 30.7. The Balaban J connectivity index is 1.76. The largest absolute Gasteiger partial charge is 0.495 e. The molecule has 0 aromatic heterocycles. The lowest BCUT2D eigenvalue weighted by molar-refractivity contribution is -0.384. The molecular weight excluding hydrogens is 452 g/mol. The minimum atomic E-state index is -3.97. The van der Waals surface area contributed by atoms with Gasteiger partial charge in [0.05, 0.1) is 18.3 Å². The maximum Gasteiger partial charge on any atom is 0.271 e. The maximum absolute atomic E-state index is 12.6. The van der Waals surface area contributed by atoms with Crippen LogP contribution >= 0.6 is 0 Å². The summed E-state index contributed by atoms with van der Waals surface area (Å²) in [5, 5.41) is 13.8. The zero-order valence-electron chi connectivity index (χ0n) is 18.2. The Bertz CT molecular complexity index is 1180. The molecule has 1 fully saturated rings. The van der Waals surface area contributed by atoms with E-state index < -0.39 is 27.4 Å². The summed E-state index contributed by atoms with van der Waals surface area (Å²) in [6.07, 6.45) is 2.20. The number of anilines is 2. The van der Waals surface area contributed by atoms with E-state index in [1.165, 1.54) is 19.2 Å². The number of carbonyl (C=O) groups excluding carboxylic acids is 2. The number of amides is 2. The molecule has 33 heavy (non-hydrogen) atoms. The molecule has 2 aromatic carbocycles. The van der Waals surface area contributed by atoms with Gasteiger partial charge in [0.25, 0.3) is 5.69 Å². The number of nitro groups is 1. The van der Waals surface area contributed by atoms with Gasteiger partial charge in [-0.2, -0.15) is 0 Å². The van der Waals surface area contributed by atoms with Crippen LogP contribution in [-0.4, -0.2) is 51.6 Å². The number of carbonyl (C=O) groups is 2. The van der Waals surface area contributed by atoms with E-state index in [9.17, 15) is 28.1 Å². The number of nitrogens with one attached hydrogen (secondary N) is 1. The summed E-state index contributed by atoms with van der Waals surface area (Å²) in [5.41, 5.74) is 1.02. The van der Waals surface area contributed by atoms with Crippen LogP contribution in [0.4, 0.5) is 17.1 Å². The van der Waals surface area contributed by atoms with Gasteiger partial charge in [-0.3, -0.25) is 24.0 Å². The molecule has 2 aromatic rings. The fraction of sp³-hybridized carbons (Fsp3) is 0.333. The lowest BCUT2D eigenvalue weighted by Gasteiger charge is -2.23. The molecule has 0 unspecified atom stereocenters. The monoisotopic (exact) mass is 476 g/mol. The standard InChI is InChI=1S/C21H24N4O7S/c1-32-19-9-8-17(25(28)29)12-18(19)24(33(2,30)31)14-20(26)22-13-15-5-3-6-16(11-15)23-10-4-7-21(23)27/h3,5-6,8-9,11-12H,4,7,10,13-14H2,1-2H3,(H,22,26). The zero-order chi connectivity index (χ0) is 24.2. The third kappa shape index (κ3) is 5.77. The van der Waals surface area contributed by atoms with Gasteiger partial charge in [-0.1, -0.05) is 12.1 Å². The Morgan fingerprint density at radius 2 is 2.03 bits per heavy atom. The summed E-state index contributed by atoms with van der Waals surface area (Å²) in [4.78, 5) is 36.7. The van der Waals surface area contributed by atoms with Crippen LogP contribution in [0.5, 0.6) is 5.75 Å². The molecule has 1 saturated heterocycles. The summed E-state index contributed by atoms with van der Waals surface area (Å²) >= 11 is 0. The average Bonchev–Trinajstić information content (AvgIpc) is 3.21. The highest BCUT2D eigenvalue weighted by atomic mass is 32.2. The molecule has 0 atom stereocenters. The minimum Gasteiger partial charge on any atom is -0.495 e. The number of hydrogen-bond acceptors (Lipinski definition) is 7. The fourth-order valence-electron chi connectivity index (χ4n) is 3.51. The van der Waals surface area contributed by atoms with Crippen molar-refractivity contribution in [3.8, 4) is 5.75 Å². The van der Waals surface area contributed by atoms with Crippen LogP contribution in [0.25, 0.3) is 0 Å². The van der Waals surface area contributed by atoms with Gasteiger partial charge in [-0.25, -0.2) is 8.42 Å². The molecule has 1 aliphatic rings. The molecule has 0 spiro atoms. The van der Waals surface area contributed by atoms with Crippen LogP contribution in [0.2, 0.25) is 0 Å². The molecule has 1 heterocycles. The van der Waals surface area contributed by atoms with Gasteiger partial charge in [0, 0.05) is 37.3 Å². The normalized spacial score (nSPS) is 13.6. The van der Waals surface area contributed by atoms with E-state index in [4.69, 9.17) is 4.74 Å².